The van der Waals surface area contributed by atoms with E-state index < -0.39 is 28.1 Å². The molecule has 232 valence electrons. The monoisotopic (exact) mass is 630 g/mol. The van der Waals surface area contributed by atoms with Crippen LogP contribution in [0.15, 0.2) is 77.8 Å². The minimum absolute atomic E-state index is 0.0648. The van der Waals surface area contributed by atoms with E-state index in [0.29, 0.717) is 39.0 Å². The molecular formula is C30H29F3N4O6S. The highest BCUT2D eigenvalue weighted by Crippen LogP contribution is 2.33. The average molecular weight is 631 g/mol. The van der Waals surface area contributed by atoms with Crippen LogP contribution in [0.4, 0.5) is 24.5 Å². The Balaban J connectivity index is 1.66. The van der Waals surface area contributed by atoms with E-state index in [1.165, 1.54) is 12.1 Å². The summed E-state index contributed by atoms with van der Waals surface area (Å²) in [6.07, 6.45) is -4.13. The van der Waals surface area contributed by atoms with Crippen molar-refractivity contribution in [2.45, 2.75) is 19.5 Å². The first-order valence-corrected chi connectivity index (χ1v) is 15.2. The molecule has 4 rings (SSSR count). The van der Waals surface area contributed by atoms with E-state index in [1.54, 1.807) is 66.8 Å². The second-order valence-electron chi connectivity index (χ2n) is 9.61. The molecule has 0 aliphatic heterocycles. The van der Waals surface area contributed by atoms with Gasteiger partial charge in [0.05, 0.1) is 41.1 Å². The van der Waals surface area contributed by atoms with E-state index in [9.17, 15) is 36.3 Å². The number of rotatable bonds is 11. The Morgan fingerprint density at radius 3 is 2.32 bits per heavy atom. The molecule has 3 aromatic carbocycles. The number of anilines is 1. The molecule has 44 heavy (non-hydrogen) atoms. The lowest BCUT2D eigenvalue weighted by molar-refractivity contribution is -0.173. The number of carbonyl (C=O) groups is 2. The fraction of sp³-hybridized carbons (Fsp3) is 0.233. The number of benzene rings is 3. The van der Waals surface area contributed by atoms with Gasteiger partial charge in [0.25, 0.3) is 0 Å². The van der Waals surface area contributed by atoms with Gasteiger partial charge in [0.15, 0.2) is 5.88 Å². The third-order valence-electron chi connectivity index (χ3n) is 6.43. The summed E-state index contributed by atoms with van der Waals surface area (Å²) in [5.41, 5.74) is 2.89. The topological polar surface area (TPSA) is 141 Å². The molecule has 14 heteroatoms. The molecule has 0 radical (unpaired) electrons. The SMILES string of the molecule is CCOC(=O)c1ccc2c(C(=Nc3ccc(N(CCCNC(=O)C(F)(F)F)S(C)(=O)=O)cc3)c3ccccc3)c(O)[nH]c2c1. The highest BCUT2D eigenvalue weighted by atomic mass is 32.2. The summed E-state index contributed by atoms with van der Waals surface area (Å²) < 4.78 is 68.3. The number of nitrogens with one attached hydrogen (secondary N) is 2. The first kappa shape index (κ1) is 32.1. The van der Waals surface area contributed by atoms with E-state index in [1.807, 2.05) is 6.07 Å². The Bertz CT molecular complexity index is 1790. The third kappa shape index (κ3) is 7.56. The van der Waals surface area contributed by atoms with E-state index >= 15 is 0 Å². The van der Waals surface area contributed by atoms with Gasteiger partial charge in [-0.3, -0.25) is 9.10 Å². The zero-order valence-electron chi connectivity index (χ0n) is 23.7. The van der Waals surface area contributed by atoms with Gasteiger partial charge in [0, 0.05) is 29.6 Å². The maximum Gasteiger partial charge on any atom is 0.471 e. The predicted octanol–water partition coefficient (Wildman–Crippen LogP) is 5.05. The molecule has 10 nitrogen and oxygen atoms in total. The lowest BCUT2D eigenvalue weighted by Gasteiger charge is -2.22. The number of halogens is 3. The normalized spacial score (nSPS) is 12.2. The van der Waals surface area contributed by atoms with Gasteiger partial charge in [-0.1, -0.05) is 36.4 Å². The van der Waals surface area contributed by atoms with Crippen molar-refractivity contribution in [3.63, 3.8) is 0 Å². The zero-order chi connectivity index (χ0) is 32.1. The number of aromatic amines is 1. The number of aliphatic imine (C=N–C) groups is 1. The van der Waals surface area contributed by atoms with Crippen LogP contribution in [0, 0.1) is 0 Å². The molecule has 0 aliphatic carbocycles. The van der Waals surface area contributed by atoms with Crippen LogP contribution in [0.2, 0.25) is 0 Å². The first-order valence-electron chi connectivity index (χ1n) is 13.4. The second kappa shape index (κ2) is 13.2. The molecule has 0 aliphatic rings. The van der Waals surface area contributed by atoms with E-state index in [0.717, 1.165) is 10.6 Å². The van der Waals surface area contributed by atoms with E-state index in [4.69, 9.17) is 9.73 Å². The largest absolute Gasteiger partial charge is 0.494 e. The highest BCUT2D eigenvalue weighted by Gasteiger charge is 2.38. The van der Waals surface area contributed by atoms with Gasteiger partial charge < -0.3 is 20.1 Å². The van der Waals surface area contributed by atoms with Crippen molar-refractivity contribution in [2.24, 2.45) is 4.99 Å². The fourth-order valence-corrected chi connectivity index (χ4v) is 5.42. The summed E-state index contributed by atoms with van der Waals surface area (Å²) in [5.74, 6) is -2.78. The summed E-state index contributed by atoms with van der Waals surface area (Å²) in [7, 11) is -3.81. The summed E-state index contributed by atoms with van der Waals surface area (Å²) in [4.78, 5) is 30.9. The molecule has 3 N–H and O–H groups in total. The number of H-pyrrole nitrogens is 1. The Kier molecular flexibility index (Phi) is 9.62. The number of aromatic nitrogens is 1. The minimum atomic E-state index is -5.03. The van der Waals surface area contributed by atoms with Gasteiger partial charge in [-0.2, -0.15) is 13.2 Å². The number of aromatic hydroxyl groups is 1. The third-order valence-corrected chi connectivity index (χ3v) is 7.63. The maximum absolute atomic E-state index is 12.5. The fourth-order valence-electron chi connectivity index (χ4n) is 4.46. The van der Waals surface area contributed by atoms with Crippen molar-refractivity contribution >= 4 is 49.9 Å². The van der Waals surface area contributed by atoms with Crippen molar-refractivity contribution in [3.05, 3.63) is 89.5 Å². The van der Waals surface area contributed by atoms with Crippen molar-refractivity contribution in [1.82, 2.24) is 10.3 Å². The zero-order valence-corrected chi connectivity index (χ0v) is 24.5. The van der Waals surface area contributed by atoms with Crippen molar-refractivity contribution in [2.75, 3.05) is 30.3 Å². The summed E-state index contributed by atoms with van der Waals surface area (Å²) in [5, 5.41) is 13.3. The summed E-state index contributed by atoms with van der Waals surface area (Å²) >= 11 is 0. The van der Waals surface area contributed by atoms with E-state index in [2.05, 4.69) is 4.98 Å². The van der Waals surface area contributed by atoms with Gasteiger partial charge in [-0.25, -0.2) is 18.2 Å². The van der Waals surface area contributed by atoms with Crippen LogP contribution in [-0.4, -0.2) is 68.2 Å². The average Bonchev–Trinajstić information content (AvgIpc) is 3.30. The second-order valence-corrected chi connectivity index (χ2v) is 11.5. The number of fused-ring (bicyclic) bond motifs is 1. The number of amides is 1. The van der Waals surface area contributed by atoms with Crippen LogP contribution in [0.25, 0.3) is 10.9 Å². The molecule has 4 aromatic rings. The molecule has 0 bridgehead atoms. The van der Waals surface area contributed by atoms with Crippen molar-refractivity contribution in [3.8, 4) is 5.88 Å². The lowest BCUT2D eigenvalue weighted by atomic mass is 10.00. The summed E-state index contributed by atoms with van der Waals surface area (Å²) in [6.45, 7) is 1.37. The molecule has 1 amide bonds. The Labute approximate surface area is 251 Å². The van der Waals surface area contributed by atoms with Gasteiger partial charge in [0.1, 0.15) is 0 Å². The quantitative estimate of drug-likeness (QED) is 0.120. The molecule has 0 saturated heterocycles. The Morgan fingerprint density at radius 2 is 1.70 bits per heavy atom. The standard InChI is InChI=1S/C30H29F3N4O6S/c1-3-43-28(39)20-10-15-23-24(18-20)36-27(38)25(23)26(19-8-5-4-6-9-19)35-21-11-13-22(14-12-21)37(44(2,41)42)17-7-16-34-29(40)30(31,32)33/h4-6,8-15,18,36,38H,3,7,16-17H2,1-2H3,(H,34,40). The van der Waals surface area contributed by atoms with Crippen LogP contribution < -0.4 is 9.62 Å². The number of nitrogens with zero attached hydrogens (tertiary/aromatic N) is 2. The maximum atomic E-state index is 12.5. The molecule has 0 saturated carbocycles. The number of ether oxygens (including phenoxy) is 1. The minimum Gasteiger partial charge on any atom is -0.494 e. The molecule has 0 atom stereocenters. The van der Waals surface area contributed by atoms with Crippen LogP contribution in [-0.2, 0) is 19.6 Å². The van der Waals surface area contributed by atoms with Crippen LogP contribution in [0.1, 0.15) is 34.8 Å². The number of carbonyl (C=O) groups excluding carboxylic acids is 2. The number of esters is 1. The lowest BCUT2D eigenvalue weighted by Crippen LogP contribution is -2.39. The Hall–Kier alpha value is -4.85. The number of hydrogen-bond acceptors (Lipinski definition) is 7. The van der Waals surface area contributed by atoms with Crippen molar-refractivity contribution < 1.29 is 41.0 Å². The Morgan fingerprint density at radius 1 is 1.02 bits per heavy atom. The predicted molar refractivity (Wildman–Crippen MR) is 160 cm³/mol. The van der Waals surface area contributed by atoms with Gasteiger partial charge in [-0.05, 0) is 49.7 Å². The van der Waals surface area contributed by atoms with Crippen LogP contribution in [0.5, 0.6) is 5.88 Å². The number of hydrogen-bond donors (Lipinski definition) is 3. The van der Waals surface area contributed by atoms with Crippen molar-refractivity contribution in [1.29, 1.82) is 0 Å². The highest BCUT2D eigenvalue weighted by molar-refractivity contribution is 7.92. The number of sulfonamides is 1. The molecule has 1 heterocycles. The molecule has 0 fully saturated rings. The molecule has 0 unspecified atom stereocenters. The first-order chi connectivity index (χ1) is 20.8. The van der Waals surface area contributed by atoms with Gasteiger partial charge in [-0.15, -0.1) is 0 Å². The summed E-state index contributed by atoms with van der Waals surface area (Å²) in [6, 6.07) is 20.0. The molecule has 1 aromatic heterocycles. The molecule has 0 spiro atoms. The number of alkyl halides is 3. The molecular weight excluding hydrogens is 601 g/mol. The van der Waals surface area contributed by atoms with Crippen LogP contribution in [0.3, 0.4) is 0 Å². The van der Waals surface area contributed by atoms with E-state index in [-0.39, 0.29) is 37.7 Å². The smallest absolute Gasteiger partial charge is 0.471 e. The van der Waals surface area contributed by atoms with Crippen LogP contribution >= 0.6 is 0 Å². The van der Waals surface area contributed by atoms with Gasteiger partial charge in [0.2, 0.25) is 10.0 Å². The van der Waals surface area contributed by atoms with Gasteiger partial charge >= 0.3 is 18.1 Å².